The molecular weight excluding hydrogens is 336 g/mol. The van der Waals surface area contributed by atoms with E-state index in [0.29, 0.717) is 23.2 Å². The van der Waals surface area contributed by atoms with E-state index in [2.05, 4.69) is 31.3 Å². The molecule has 0 aliphatic rings. The Balaban J connectivity index is 1.97. The number of anilines is 1. The molecule has 0 fully saturated rings. The highest BCUT2D eigenvalue weighted by molar-refractivity contribution is 9.10. The van der Waals surface area contributed by atoms with Crippen molar-refractivity contribution in [3.05, 3.63) is 39.7 Å². The van der Waals surface area contributed by atoms with Crippen molar-refractivity contribution in [2.24, 2.45) is 0 Å². The molecule has 114 valence electrons. The highest BCUT2D eigenvalue weighted by Crippen LogP contribution is 2.15. The summed E-state index contributed by atoms with van der Waals surface area (Å²) in [6.07, 6.45) is 7.07. The van der Waals surface area contributed by atoms with E-state index in [4.69, 9.17) is 0 Å². The fourth-order valence-corrected chi connectivity index (χ4v) is 2.23. The second-order valence-corrected chi connectivity index (χ2v) is 5.72. The molecule has 21 heavy (non-hydrogen) atoms. The molecule has 7 nitrogen and oxygen atoms in total. The van der Waals surface area contributed by atoms with Crippen LogP contribution in [0.3, 0.4) is 0 Å². The van der Waals surface area contributed by atoms with E-state index in [1.807, 2.05) is 29.8 Å². The highest BCUT2D eigenvalue weighted by atomic mass is 79.9. The molecule has 0 saturated heterocycles. The second-order valence-electron chi connectivity index (χ2n) is 4.93. The summed E-state index contributed by atoms with van der Waals surface area (Å²) in [7, 11) is 3.93. The van der Waals surface area contributed by atoms with Gasteiger partial charge in [-0.3, -0.25) is 4.79 Å². The Morgan fingerprint density at radius 2 is 2.19 bits per heavy atom. The number of nitrogens with one attached hydrogen (secondary N) is 1. The summed E-state index contributed by atoms with van der Waals surface area (Å²) in [6, 6.07) is 0. The Morgan fingerprint density at radius 1 is 1.38 bits per heavy atom. The summed E-state index contributed by atoms with van der Waals surface area (Å²) in [4.78, 5) is 18.2. The Bertz CT molecular complexity index is 622. The van der Waals surface area contributed by atoms with Crippen LogP contribution >= 0.6 is 15.9 Å². The normalized spacial score (nSPS) is 11.0. The molecule has 0 radical (unpaired) electrons. The lowest BCUT2D eigenvalue weighted by Crippen LogP contribution is -2.29. The van der Waals surface area contributed by atoms with Gasteiger partial charge in [-0.25, -0.2) is 9.67 Å². The number of imidazole rings is 1. The lowest BCUT2D eigenvalue weighted by molar-refractivity contribution is 0.367. The van der Waals surface area contributed by atoms with Crippen molar-refractivity contribution in [1.29, 1.82) is 0 Å². The van der Waals surface area contributed by atoms with Gasteiger partial charge in [0, 0.05) is 32.0 Å². The maximum absolute atomic E-state index is 12.2. The molecule has 0 unspecified atom stereocenters. The third-order valence-corrected chi connectivity index (χ3v) is 3.75. The van der Waals surface area contributed by atoms with Gasteiger partial charge >= 0.3 is 0 Å². The van der Waals surface area contributed by atoms with Crippen LogP contribution in [0.1, 0.15) is 0 Å². The largest absolute Gasteiger partial charge is 0.381 e. The van der Waals surface area contributed by atoms with Crippen molar-refractivity contribution in [3.63, 3.8) is 0 Å². The van der Waals surface area contributed by atoms with Crippen LogP contribution in [-0.4, -0.2) is 51.4 Å². The molecule has 2 aromatic heterocycles. The smallest absolute Gasteiger partial charge is 0.283 e. The third kappa shape index (κ3) is 4.40. The second kappa shape index (κ2) is 7.37. The average Bonchev–Trinajstić information content (AvgIpc) is 2.95. The lowest BCUT2D eigenvalue weighted by Gasteiger charge is -2.13. The van der Waals surface area contributed by atoms with Crippen LogP contribution in [-0.2, 0) is 13.1 Å². The number of rotatable bonds is 7. The highest BCUT2D eigenvalue weighted by Gasteiger charge is 2.08. The van der Waals surface area contributed by atoms with Gasteiger partial charge in [-0.15, -0.1) is 0 Å². The van der Waals surface area contributed by atoms with Gasteiger partial charge in [0.2, 0.25) is 0 Å². The van der Waals surface area contributed by atoms with Crippen molar-refractivity contribution in [2.45, 2.75) is 13.1 Å². The van der Waals surface area contributed by atoms with E-state index in [9.17, 15) is 4.79 Å². The predicted molar refractivity (Wildman–Crippen MR) is 85.5 cm³/mol. The molecule has 0 aromatic carbocycles. The number of halogens is 1. The monoisotopic (exact) mass is 354 g/mol. The van der Waals surface area contributed by atoms with E-state index < -0.39 is 0 Å². The first-order valence-electron chi connectivity index (χ1n) is 6.68. The van der Waals surface area contributed by atoms with Crippen molar-refractivity contribution in [2.75, 3.05) is 32.5 Å². The number of likely N-dealkylation sites (N-methyl/N-ethyl adjacent to an activating group) is 1. The first-order chi connectivity index (χ1) is 10.1. The Morgan fingerprint density at radius 3 is 2.86 bits per heavy atom. The molecule has 0 saturated carbocycles. The lowest BCUT2D eigenvalue weighted by atomic mass is 10.4. The topological polar surface area (TPSA) is 68.0 Å². The van der Waals surface area contributed by atoms with Gasteiger partial charge in [0.25, 0.3) is 5.56 Å². The minimum atomic E-state index is -0.121. The molecule has 0 spiro atoms. The van der Waals surface area contributed by atoms with Crippen LogP contribution in [0.4, 0.5) is 5.69 Å². The van der Waals surface area contributed by atoms with E-state index in [0.717, 1.165) is 13.1 Å². The van der Waals surface area contributed by atoms with Crippen LogP contribution in [0.15, 0.2) is 34.2 Å². The fourth-order valence-electron chi connectivity index (χ4n) is 1.78. The number of hydrogen-bond acceptors (Lipinski definition) is 5. The summed E-state index contributed by atoms with van der Waals surface area (Å²) in [5.41, 5.74) is 0.589. The Hall–Kier alpha value is -1.67. The van der Waals surface area contributed by atoms with Crippen LogP contribution in [0.25, 0.3) is 0 Å². The van der Waals surface area contributed by atoms with E-state index in [1.165, 1.54) is 4.68 Å². The van der Waals surface area contributed by atoms with E-state index >= 15 is 0 Å². The third-order valence-electron chi connectivity index (χ3n) is 2.99. The van der Waals surface area contributed by atoms with Crippen LogP contribution in [0.2, 0.25) is 0 Å². The SMILES string of the molecule is CN(C)CCn1ncc(NCCn2ccnc2)c(Br)c1=O. The summed E-state index contributed by atoms with van der Waals surface area (Å²) in [6.45, 7) is 2.81. The molecule has 0 amide bonds. The number of hydrogen-bond donors (Lipinski definition) is 1. The quantitative estimate of drug-likeness (QED) is 0.799. The van der Waals surface area contributed by atoms with Gasteiger partial charge in [-0.05, 0) is 30.0 Å². The maximum Gasteiger partial charge on any atom is 0.283 e. The molecular formula is C13H19BrN6O. The van der Waals surface area contributed by atoms with E-state index in [1.54, 1.807) is 18.7 Å². The van der Waals surface area contributed by atoms with Crippen molar-refractivity contribution in [1.82, 2.24) is 24.2 Å². The van der Waals surface area contributed by atoms with Gasteiger partial charge in [0.05, 0.1) is 24.8 Å². The zero-order valence-electron chi connectivity index (χ0n) is 12.2. The first-order valence-corrected chi connectivity index (χ1v) is 7.47. The van der Waals surface area contributed by atoms with Gasteiger partial charge in [0.15, 0.2) is 0 Å². The van der Waals surface area contributed by atoms with Gasteiger partial charge in [-0.1, -0.05) is 0 Å². The average molecular weight is 355 g/mol. The molecule has 2 rings (SSSR count). The van der Waals surface area contributed by atoms with Crippen molar-refractivity contribution >= 4 is 21.6 Å². The molecule has 8 heteroatoms. The molecule has 0 aliphatic heterocycles. The van der Waals surface area contributed by atoms with Gasteiger partial charge < -0.3 is 14.8 Å². The molecule has 2 heterocycles. The molecule has 0 atom stereocenters. The van der Waals surface area contributed by atoms with Gasteiger partial charge in [-0.2, -0.15) is 5.10 Å². The molecule has 1 N–H and O–H groups in total. The van der Waals surface area contributed by atoms with E-state index in [-0.39, 0.29) is 5.56 Å². The molecule has 0 aliphatic carbocycles. The Labute approximate surface area is 131 Å². The predicted octanol–water partition coefficient (Wildman–Crippen LogP) is 0.876. The van der Waals surface area contributed by atoms with Crippen LogP contribution in [0, 0.1) is 0 Å². The van der Waals surface area contributed by atoms with Gasteiger partial charge in [0.1, 0.15) is 4.47 Å². The minimum Gasteiger partial charge on any atom is -0.381 e. The zero-order valence-corrected chi connectivity index (χ0v) is 13.7. The summed E-state index contributed by atoms with van der Waals surface area (Å²) in [5, 5.41) is 7.39. The number of nitrogens with zero attached hydrogens (tertiary/aromatic N) is 5. The van der Waals surface area contributed by atoms with Crippen molar-refractivity contribution in [3.8, 4) is 0 Å². The molecule has 2 aromatic rings. The summed E-state index contributed by atoms with van der Waals surface area (Å²) in [5.74, 6) is 0. The fraction of sp³-hybridized carbons (Fsp3) is 0.462. The summed E-state index contributed by atoms with van der Waals surface area (Å²) < 4.78 is 3.94. The number of aromatic nitrogens is 4. The standard InChI is InChI=1S/C13H19BrN6O/c1-18(2)7-8-20-13(21)12(14)11(9-17-20)16-4-6-19-5-3-15-10-19/h3,5,9-10,16H,4,6-8H2,1-2H3. The zero-order chi connectivity index (χ0) is 15.2. The van der Waals surface area contributed by atoms with Crippen molar-refractivity contribution < 1.29 is 0 Å². The Kier molecular flexibility index (Phi) is 5.51. The van der Waals surface area contributed by atoms with Crippen LogP contribution < -0.4 is 10.9 Å². The maximum atomic E-state index is 12.2. The molecule has 0 bridgehead atoms. The summed E-state index contributed by atoms with van der Waals surface area (Å²) >= 11 is 3.35. The van der Waals surface area contributed by atoms with Crippen LogP contribution in [0.5, 0.6) is 0 Å². The minimum absolute atomic E-state index is 0.121. The first kappa shape index (κ1) is 15.7.